The number of benzene rings is 1. The van der Waals surface area contributed by atoms with Gasteiger partial charge in [-0.1, -0.05) is 6.07 Å². The Morgan fingerprint density at radius 1 is 1.14 bits per heavy atom. The summed E-state index contributed by atoms with van der Waals surface area (Å²) in [6.45, 7) is 4.08. The molecule has 2 rings (SSSR count). The third-order valence-electron chi connectivity index (χ3n) is 4.10. The Morgan fingerprint density at radius 2 is 1.81 bits per heavy atom. The molecule has 0 aromatic heterocycles. The average Bonchev–Trinajstić information content (AvgIpc) is 2.40. The molecule has 1 fully saturated rings. The van der Waals surface area contributed by atoms with E-state index in [1.165, 1.54) is 6.07 Å². The zero-order chi connectivity index (χ0) is 15.8. The average molecular weight is 307 g/mol. The number of rotatable bonds is 2. The second kappa shape index (κ2) is 5.91. The van der Waals surface area contributed by atoms with Crippen molar-refractivity contribution < 1.29 is 22.0 Å². The van der Waals surface area contributed by atoms with Crippen LogP contribution in [0.25, 0.3) is 0 Å². The molecule has 0 radical (unpaired) electrons. The normalized spacial score (nSPS) is 24.6. The Hall–Kier alpha value is -1.17. The van der Waals surface area contributed by atoms with E-state index in [0.29, 0.717) is 12.1 Å². The van der Waals surface area contributed by atoms with Gasteiger partial charge in [0.1, 0.15) is 0 Å². The lowest BCUT2D eigenvalue weighted by Crippen LogP contribution is -2.44. The molecule has 1 aromatic carbocycles. The molecule has 1 saturated heterocycles. The van der Waals surface area contributed by atoms with Crippen LogP contribution in [0.5, 0.6) is 0 Å². The van der Waals surface area contributed by atoms with Crippen LogP contribution in [0.4, 0.5) is 22.0 Å². The summed E-state index contributed by atoms with van der Waals surface area (Å²) < 4.78 is 65.2. The highest BCUT2D eigenvalue weighted by Gasteiger charge is 2.45. The molecule has 2 atom stereocenters. The van der Waals surface area contributed by atoms with E-state index in [9.17, 15) is 22.0 Å². The van der Waals surface area contributed by atoms with Crippen molar-refractivity contribution in [1.82, 2.24) is 4.90 Å². The Kier molecular flexibility index (Phi) is 4.56. The maximum Gasteiger partial charge on any atom is 0.391 e. The molecule has 0 unspecified atom stereocenters. The minimum Gasteiger partial charge on any atom is -0.294 e. The fourth-order valence-corrected chi connectivity index (χ4v) is 2.95. The van der Waals surface area contributed by atoms with Crippen molar-refractivity contribution in [1.29, 1.82) is 0 Å². The number of hydrogen-bond donors (Lipinski definition) is 0. The first-order valence-corrected chi connectivity index (χ1v) is 6.97. The van der Waals surface area contributed by atoms with Crippen molar-refractivity contribution in [2.75, 3.05) is 6.54 Å². The van der Waals surface area contributed by atoms with Crippen LogP contribution in [-0.4, -0.2) is 23.7 Å². The van der Waals surface area contributed by atoms with Crippen molar-refractivity contribution in [2.45, 2.75) is 44.9 Å². The van der Waals surface area contributed by atoms with Gasteiger partial charge in [0.15, 0.2) is 11.6 Å². The summed E-state index contributed by atoms with van der Waals surface area (Å²) in [4.78, 5) is 1.91. The zero-order valence-corrected chi connectivity index (χ0v) is 11.9. The van der Waals surface area contributed by atoms with Gasteiger partial charge in [0, 0.05) is 12.1 Å². The number of nitrogens with zero attached hydrogens (tertiary/aromatic N) is 1. The summed E-state index contributed by atoms with van der Waals surface area (Å²) in [6, 6.07) is 2.85. The monoisotopic (exact) mass is 307 g/mol. The van der Waals surface area contributed by atoms with Gasteiger partial charge in [-0.2, -0.15) is 13.2 Å². The van der Waals surface area contributed by atoms with Gasteiger partial charge in [-0.15, -0.1) is 0 Å². The van der Waals surface area contributed by atoms with Crippen molar-refractivity contribution in [2.24, 2.45) is 5.92 Å². The van der Waals surface area contributed by atoms with Crippen LogP contribution < -0.4 is 0 Å². The standard InChI is InChI=1S/C15H18F5N/c1-9(2)21-6-5-11(15(18,19)20)8-14(21)10-3-4-12(16)13(17)7-10/h3-4,7,9,11,14H,5-6,8H2,1-2H3/t11-,14-/m1/s1. The largest absolute Gasteiger partial charge is 0.391 e. The van der Waals surface area contributed by atoms with Gasteiger partial charge < -0.3 is 0 Å². The van der Waals surface area contributed by atoms with E-state index < -0.39 is 29.8 Å². The highest BCUT2D eigenvalue weighted by atomic mass is 19.4. The molecule has 1 aliphatic rings. The van der Waals surface area contributed by atoms with Gasteiger partial charge in [0.25, 0.3) is 0 Å². The van der Waals surface area contributed by atoms with Crippen LogP contribution >= 0.6 is 0 Å². The van der Waals surface area contributed by atoms with Gasteiger partial charge in [0.2, 0.25) is 0 Å². The van der Waals surface area contributed by atoms with E-state index in [0.717, 1.165) is 12.1 Å². The maximum absolute atomic E-state index is 13.4. The molecule has 1 aromatic rings. The van der Waals surface area contributed by atoms with E-state index >= 15 is 0 Å². The van der Waals surface area contributed by atoms with Crippen LogP contribution in [0.15, 0.2) is 18.2 Å². The molecule has 0 N–H and O–H groups in total. The lowest BCUT2D eigenvalue weighted by Gasteiger charge is -2.42. The van der Waals surface area contributed by atoms with Crippen LogP contribution in [0.3, 0.4) is 0 Å². The van der Waals surface area contributed by atoms with Gasteiger partial charge in [-0.25, -0.2) is 8.78 Å². The fraction of sp³-hybridized carbons (Fsp3) is 0.600. The molecule has 1 aliphatic heterocycles. The summed E-state index contributed by atoms with van der Waals surface area (Å²) in [7, 11) is 0. The first-order chi connectivity index (χ1) is 9.70. The minimum atomic E-state index is -4.25. The lowest BCUT2D eigenvalue weighted by molar-refractivity contribution is -0.191. The van der Waals surface area contributed by atoms with Crippen molar-refractivity contribution in [3.63, 3.8) is 0 Å². The summed E-state index contributed by atoms with van der Waals surface area (Å²) in [5.41, 5.74) is 0.400. The van der Waals surface area contributed by atoms with E-state index in [2.05, 4.69) is 0 Å². The Bertz CT molecular complexity index is 497. The topological polar surface area (TPSA) is 3.24 Å². The van der Waals surface area contributed by atoms with Gasteiger partial charge >= 0.3 is 6.18 Å². The van der Waals surface area contributed by atoms with Gasteiger partial charge in [-0.05, 0) is 50.9 Å². The molecule has 0 spiro atoms. The summed E-state index contributed by atoms with van der Waals surface area (Å²) in [5.74, 6) is -3.41. The second-order valence-corrected chi connectivity index (χ2v) is 5.78. The Labute approximate surface area is 120 Å². The highest BCUT2D eigenvalue weighted by Crippen LogP contribution is 2.42. The van der Waals surface area contributed by atoms with Crippen LogP contribution in [0.2, 0.25) is 0 Å². The minimum absolute atomic E-state index is 0.0392. The van der Waals surface area contributed by atoms with Crippen LogP contribution in [0, 0.1) is 17.6 Å². The molecule has 21 heavy (non-hydrogen) atoms. The zero-order valence-electron chi connectivity index (χ0n) is 11.9. The summed E-state index contributed by atoms with van der Waals surface area (Å²) >= 11 is 0. The highest BCUT2D eigenvalue weighted by molar-refractivity contribution is 5.22. The third kappa shape index (κ3) is 3.54. The van der Waals surface area contributed by atoms with E-state index in [-0.39, 0.29) is 18.9 Å². The predicted octanol–water partition coefficient (Wildman–Crippen LogP) is 4.69. The molecule has 0 saturated carbocycles. The van der Waals surface area contributed by atoms with Crippen LogP contribution in [0.1, 0.15) is 38.3 Å². The smallest absolute Gasteiger partial charge is 0.294 e. The number of piperidine rings is 1. The third-order valence-corrected chi connectivity index (χ3v) is 4.10. The predicted molar refractivity (Wildman–Crippen MR) is 69.7 cm³/mol. The van der Waals surface area contributed by atoms with Gasteiger partial charge in [0.05, 0.1) is 5.92 Å². The number of hydrogen-bond acceptors (Lipinski definition) is 1. The first-order valence-electron chi connectivity index (χ1n) is 6.97. The van der Waals surface area contributed by atoms with Crippen molar-refractivity contribution in [3.05, 3.63) is 35.4 Å². The molecule has 1 nitrogen and oxygen atoms in total. The number of alkyl halides is 3. The molecule has 6 heteroatoms. The molecular weight excluding hydrogens is 289 g/mol. The van der Waals surface area contributed by atoms with Crippen LogP contribution in [-0.2, 0) is 0 Å². The molecule has 118 valence electrons. The number of likely N-dealkylation sites (tertiary alicyclic amines) is 1. The van der Waals surface area contributed by atoms with E-state index in [4.69, 9.17) is 0 Å². The Balaban J connectivity index is 2.31. The number of halogens is 5. The quantitative estimate of drug-likeness (QED) is 0.717. The summed E-state index contributed by atoms with van der Waals surface area (Å²) in [6.07, 6.45) is -4.32. The second-order valence-electron chi connectivity index (χ2n) is 5.78. The maximum atomic E-state index is 13.4. The molecule has 0 aliphatic carbocycles. The molecular formula is C15H18F5N. The lowest BCUT2D eigenvalue weighted by atomic mass is 9.86. The van der Waals surface area contributed by atoms with Crippen molar-refractivity contribution in [3.8, 4) is 0 Å². The fourth-order valence-electron chi connectivity index (χ4n) is 2.95. The molecule has 1 heterocycles. The SMILES string of the molecule is CC(C)N1CC[C@@H](C(F)(F)F)C[C@@H]1c1ccc(F)c(F)c1. The Morgan fingerprint density at radius 3 is 2.33 bits per heavy atom. The molecule has 0 bridgehead atoms. The van der Waals surface area contributed by atoms with E-state index in [1.54, 1.807) is 0 Å². The summed E-state index contributed by atoms with van der Waals surface area (Å²) in [5, 5.41) is 0. The van der Waals surface area contributed by atoms with E-state index in [1.807, 2.05) is 18.7 Å². The molecule has 0 amide bonds. The van der Waals surface area contributed by atoms with Gasteiger partial charge in [-0.3, -0.25) is 4.90 Å². The van der Waals surface area contributed by atoms with Crippen molar-refractivity contribution >= 4 is 0 Å². The first kappa shape index (κ1) is 16.2.